The molecule has 0 aliphatic rings. The normalized spacial score (nSPS) is 14.0. The van der Waals surface area contributed by atoms with E-state index in [1.165, 1.54) is 0 Å². The topological polar surface area (TPSA) is 64.4 Å². The lowest BCUT2D eigenvalue weighted by molar-refractivity contribution is -0.118. The molecule has 100 valence electrons. The van der Waals surface area contributed by atoms with Crippen LogP contribution in [0.3, 0.4) is 0 Å². The van der Waals surface area contributed by atoms with Gasteiger partial charge in [-0.15, -0.1) is 0 Å². The van der Waals surface area contributed by atoms with Crippen molar-refractivity contribution in [2.45, 2.75) is 32.9 Å². The second-order valence-electron chi connectivity index (χ2n) is 4.49. The molecule has 2 atom stereocenters. The fourth-order valence-electron chi connectivity index (χ4n) is 1.65. The first-order valence-electron chi connectivity index (χ1n) is 6.23. The molecular formula is C14H22N2O2. The van der Waals surface area contributed by atoms with Crippen molar-refractivity contribution in [3.05, 3.63) is 29.8 Å². The minimum Gasteiger partial charge on any atom is -0.380 e. The number of amides is 1. The molecule has 3 N–H and O–H groups in total. The predicted molar refractivity (Wildman–Crippen MR) is 73.2 cm³/mol. The number of nitrogens with one attached hydrogen (secondary N) is 1. The highest BCUT2D eigenvalue weighted by Gasteiger charge is 2.19. The van der Waals surface area contributed by atoms with Gasteiger partial charge in [0.05, 0.1) is 12.6 Å². The van der Waals surface area contributed by atoms with Crippen molar-refractivity contribution in [2.24, 2.45) is 11.7 Å². The number of carbonyl (C=O) groups excluding carboxylic acids is 1. The summed E-state index contributed by atoms with van der Waals surface area (Å²) in [5.74, 6) is 0.0208. The van der Waals surface area contributed by atoms with E-state index in [2.05, 4.69) is 5.32 Å². The highest BCUT2D eigenvalue weighted by Crippen LogP contribution is 2.17. The Labute approximate surface area is 109 Å². The fraction of sp³-hybridized carbons (Fsp3) is 0.500. The highest BCUT2D eigenvalue weighted by molar-refractivity contribution is 5.95. The van der Waals surface area contributed by atoms with E-state index in [4.69, 9.17) is 10.5 Å². The van der Waals surface area contributed by atoms with Crippen molar-refractivity contribution < 1.29 is 9.53 Å². The van der Waals surface area contributed by atoms with Crippen molar-refractivity contribution in [3.8, 4) is 0 Å². The number of hydrogen-bond donors (Lipinski definition) is 2. The van der Waals surface area contributed by atoms with E-state index in [0.29, 0.717) is 6.61 Å². The first-order valence-corrected chi connectivity index (χ1v) is 6.23. The molecule has 0 aromatic heterocycles. The SMILES string of the molecule is CCC(C)C(N)C(=O)Nc1ccccc1COC. The molecule has 18 heavy (non-hydrogen) atoms. The molecule has 4 heteroatoms. The van der Waals surface area contributed by atoms with Crippen LogP contribution >= 0.6 is 0 Å². The zero-order valence-corrected chi connectivity index (χ0v) is 11.3. The average Bonchev–Trinajstić information content (AvgIpc) is 2.39. The highest BCUT2D eigenvalue weighted by atomic mass is 16.5. The van der Waals surface area contributed by atoms with Crippen molar-refractivity contribution in [2.75, 3.05) is 12.4 Å². The number of para-hydroxylation sites is 1. The second kappa shape index (κ2) is 7.13. The second-order valence-corrected chi connectivity index (χ2v) is 4.49. The number of carbonyl (C=O) groups is 1. The first kappa shape index (κ1) is 14.7. The van der Waals surface area contributed by atoms with Crippen molar-refractivity contribution in [1.29, 1.82) is 0 Å². The van der Waals surface area contributed by atoms with E-state index >= 15 is 0 Å². The van der Waals surface area contributed by atoms with Crippen LogP contribution < -0.4 is 11.1 Å². The van der Waals surface area contributed by atoms with E-state index in [9.17, 15) is 4.79 Å². The number of nitrogens with two attached hydrogens (primary N) is 1. The van der Waals surface area contributed by atoms with Crippen LogP contribution in [0, 0.1) is 5.92 Å². The largest absolute Gasteiger partial charge is 0.380 e. The van der Waals surface area contributed by atoms with E-state index in [0.717, 1.165) is 17.7 Å². The Balaban J connectivity index is 2.75. The molecule has 0 fully saturated rings. The summed E-state index contributed by atoms with van der Waals surface area (Å²) in [6.45, 7) is 4.47. The van der Waals surface area contributed by atoms with Gasteiger partial charge >= 0.3 is 0 Å². The molecular weight excluding hydrogens is 228 g/mol. The van der Waals surface area contributed by atoms with Gasteiger partial charge in [0.2, 0.25) is 5.91 Å². The van der Waals surface area contributed by atoms with Gasteiger partial charge < -0.3 is 15.8 Å². The maximum atomic E-state index is 12.0. The maximum Gasteiger partial charge on any atom is 0.241 e. The van der Waals surface area contributed by atoms with E-state index in [1.54, 1.807) is 7.11 Å². The molecule has 0 aliphatic heterocycles. The molecule has 4 nitrogen and oxygen atoms in total. The summed E-state index contributed by atoms with van der Waals surface area (Å²) in [4.78, 5) is 12.0. The van der Waals surface area contributed by atoms with Crippen LogP contribution in [-0.2, 0) is 16.1 Å². The number of methoxy groups -OCH3 is 1. The van der Waals surface area contributed by atoms with Crippen LogP contribution in [0.25, 0.3) is 0 Å². The van der Waals surface area contributed by atoms with Crippen LogP contribution in [0.1, 0.15) is 25.8 Å². The van der Waals surface area contributed by atoms with Crippen molar-refractivity contribution >= 4 is 11.6 Å². The lowest BCUT2D eigenvalue weighted by Gasteiger charge is -2.18. The van der Waals surface area contributed by atoms with Gasteiger partial charge in [0.15, 0.2) is 0 Å². The molecule has 0 bridgehead atoms. The van der Waals surface area contributed by atoms with Gasteiger partial charge in [0.25, 0.3) is 0 Å². The van der Waals surface area contributed by atoms with Crippen molar-refractivity contribution in [1.82, 2.24) is 0 Å². The Kier molecular flexibility index (Phi) is 5.82. The van der Waals surface area contributed by atoms with Crippen LogP contribution in [0.5, 0.6) is 0 Å². The van der Waals surface area contributed by atoms with Gasteiger partial charge in [-0.1, -0.05) is 38.5 Å². The molecule has 0 aliphatic carbocycles. The third kappa shape index (κ3) is 3.82. The molecule has 0 spiro atoms. The van der Waals surface area contributed by atoms with Gasteiger partial charge in [0, 0.05) is 18.4 Å². The van der Waals surface area contributed by atoms with Gasteiger partial charge in [-0.25, -0.2) is 0 Å². The average molecular weight is 250 g/mol. The molecule has 2 unspecified atom stereocenters. The zero-order chi connectivity index (χ0) is 13.5. The Morgan fingerprint density at radius 2 is 2.11 bits per heavy atom. The first-order chi connectivity index (χ1) is 8.60. The standard InChI is InChI=1S/C14H22N2O2/c1-4-10(2)13(15)14(17)16-12-8-6-5-7-11(12)9-18-3/h5-8,10,13H,4,9,15H2,1-3H3,(H,16,17). The summed E-state index contributed by atoms with van der Waals surface area (Å²) in [5.41, 5.74) is 7.62. The van der Waals surface area contributed by atoms with Gasteiger partial charge in [-0.05, 0) is 12.0 Å². The zero-order valence-electron chi connectivity index (χ0n) is 11.3. The number of rotatable bonds is 6. The number of hydrogen-bond acceptors (Lipinski definition) is 3. The lowest BCUT2D eigenvalue weighted by Crippen LogP contribution is -2.40. The summed E-state index contributed by atoms with van der Waals surface area (Å²) >= 11 is 0. The number of ether oxygens (including phenoxy) is 1. The van der Waals surface area contributed by atoms with Crippen LogP contribution in [0.4, 0.5) is 5.69 Å². The maximum absolute atomic E-state index is 12.0. The number of anilines is 1. The smallest absolute Gasteiger partial charge is 0.241 e. The molecule has 0 saturated carbocycles. The van der Waals surface area contributed by atoms with E-state index in [-0.39, 0.29) is 11.8 Å². The summed E-state index contributed by atoms with van der Waals surface area (Å²) in [5, 5.41) is 2.87. The minimum absolute atomic E-state index is 0.145. The van der Waals surface area contributed by atoms with Gasteiger partial charge in [0.1, 0.15) is 0 Å². The summed E-state index contributed by atoms with van der Waals surface area (Å²) in [7, 11) is 1.63. The van der Waals surface area contributed by atoms with E-state index in [1.807, 2.05) is 38.1 Å². The van der Waals surface area contributed by atoms with Crippen molar-refractivity contribution in [3.63, 3.8) is 0 Å². The predicted octanol–water partition coefficient (Wildman–Crippen LogP) is 2.14. The summed E-state index contributed by atoms with van der Waals surface area (Å²) in [6, 6.07) is 7.09. The quantitative estimate of drug-likeness (QED) is 0.813. The molecule has 1 aromatic rings. The minimum atomic E-state index is -0.481. The monoisotopic (exact) mass is 250 g/mol. The molecule has 1 rings (SSSR count). The number of benzene rings is 1. The Morgan fingerprint density at radius 1 is 1.44 bits per heavy atom. The molecule has 1 amide bonds. The van der Waals surface area contributed by atoms with E-state index < -0.39 is 6.04 Å². The van der Waals surface area contributed by atoms with Crippen LogP contribution in [0.2, 0.25) is 0 Å². The molecule has 0 saturated heterocycles. The fourth-order valence-corrected chi connectivity index (χ4v) is 1.65. The molecule has 0 heterocycles. The van der Waals surface area contributed by atoms with Gasteiger partial charge in [-0.2, -0.15) is 0 Å². The van der Waals surface area contributed by atoms with Crippen LogP contribution in [-0.4, -0.2) is 19.1 Å². The molecule has 1 aromatic carbocycles. The van der Waals surface area contributed by atoms with Gasteiger partial charge in [-0.3, -0.25) is 4.79 Å². The Morgan fingerprint density at radius 3 is 2.72 bits per heavy atom. The third-order valence-electron chi connectivity index (χ3n) is 3.13. The third-order valence-corrected chi connectivity index (χ3v) is 3.13. The Bertz CT molecular complexity index is 393. The molecule has 0 radical (unpaired) electrons. The summed E-state index contributed by atoms with van der Waals surface area (Å²) < 4.78 is 5.10. The Hall–Kier alpha value is -1.39. The van der Waals surface area contributed by atoms with Crippen LogP contribution in [0.15, 0.2) is 24.3 Å². The summed E-state index contributed by atoms with van der Waals surface area (Å²) in [6.07, 6.45) is 0.883. The lowest BCUT2D eigenvalue weighted by atomic mass is 9.99.